The number of phenols is 2. The molecule has 7 aromatic carbocycles. The molecular weight excluding hydrogens is 1210 g/mol. The standard InChI is InChI=1S/C21H28O2.C16H17BrO2.C16H16O2.C13H20O3.C5H12.CH2O3.2K.H/c1-4-16(2)10-11-21(22)19-12-17(3)13-20(14-19)23-15-18-8-6-5-7-9-18;1-12-7-14(16(18)10-17)9-15(8-12)19-11-13-5-3-2-4-6-13;1-12-7-14(16-11-18-16)9-15(8-12)17-10-13-5-3-2-4-6-13;1-3-9(2)4-5-13(16)10-6-11(14)8-12(15)7-10;1-4-5(2)3;2-1-4-3;;;/h5-9,12-14,16,21-22H,4,10-11,15H2,1-3H3;2-9,16,18H,10-11H2,1H3;2-9,16H,10-11H2,1H3;6-9,13-16H,3-5H2,1-2H3;5H,4H2,1-3H3;1,3H;;;/q;;;;;;2*+1;-1/p-1. The Morgan fingerprint density at radius 3 is 1.18 bits per heavy atom. The summed E-state index contributed by atoms with van der Waals surface area (Å²) in [5.41, 5.74) is 10.5. The van der Waals surface area contributed by atoms with E-state index in [-0.39, 0.29) is 128 Å². The van der Waals surface area contributed by atoms with E-state index in [9.17, 15) is 25.5 Å². The van der Waals surface area contributed by atoms with Gasteiger partial charge in [-0.3, -0.25) is 4.79 Å². The number of carbonyl (C=O) groups is 1. The minimum atomic E-state index is -0.619. The number of benzene rings is 7. The van der Waals surface area contributed by atoms with Crippen LogP contribution in [0.3, 0.4) is 0 Å². The molecule has 0 bridgehead atoms. The van der Waals surface area contributed by atoms with E-state index in [1.165, 1.54) is 41.3 Å². The van der Waals surface area contributed by atoms with Crippen LogP contribution in [0, 0.1) is 38.5 Å². The number of aliphatic hydroxyl groups is 3. The third-order valence-electron chi connectivity index (χ3n) is 14.0. The predicted octanol–water partition coefficient (Wildman–Crippen LogP) is 10.6. The van der Waals surface area contributed by atoms with Gasteiger partial charge in [-0.1, -0.05) is 193 Å². The molecule has 15 heteroatoms. The summed E-state index contributed by atoms with van der Waals surface area (Å²) >= 11 is 3.29. The van der Waals surface area contributed by atoms with Gasteiger partial charge in [0.05, 0.1) is 24.9 Å². The Labute approximate surface area is 614 Å². The molecule has 464 valence electrons. The molecule has 0 radical (unpaired) electrons. The summed E-state index contributed by atoms with van der Waals surface area (Å²) in [6, 6.07) is 52.8. The number of rotatable bonds is 24. The number of carbonyl (C=O) groups excluding carboxylic acids is 1. The Hall–Kier alpha value is -3.44. The smallest absolute Gasteiger partial charge is 1.00 e. The average molecular weight is 1310 g/mol. The number of halogens is 1. The normalized spacial score (nSPS) is 13.4. The van der Waals surface area contributed by atoms with Crippen LogP contribution in [0.25, 0.3) is 0 Å². The zero-order valence-corrected chi connectivity index (χ0v) is 61.5. The van der Waals surface area contributed by atoms with Crippen LogP contribution >= 0.6 is 15.9 Å². The minimum absolute atomic E-state index is 0. The molecule has 12 nitrogen and oxygen atoms in total. The topological polar surface area (TPSA) is 191 Å². The van der Waals surface area contributed by atoms with Crippen LogP contribution in [0.15, 0.2) is 164 Å². The summed E-state index contributed by atoms with van der Waals surface area (Å²) in [5.74, 6) is 4.63. The zero-order valence-electron chi connectivity index (χ0n) is 54.7. The van der Waals surface area contributed by atoms with Crippen molar-refractivity contribution in [2.75, 3.05) is 11.9 Å². The second-order valence-corrected chi connectivity index (χ2v) is 22.7. The summed E-state index contributed by atoms with van der Waals surface area (Å²) in [6.45, 7) is 23.8. The number of ether oxygens (including phenoxy) is 4. The van der Waals surface area contributed by atoms with Gasteiger partial charge in [-0.15, -0.1) is 0 Å². The van der Waals surface area contributed by atoms with E-state index in [0.29, 0.717) is 49.0 Å². The second-order valence-electron chi connectivity index (χ2n) is 22.0. The number of phenolic OH excluding ortho intramolecular Hbond substituents is 2. The number of alkyl halides is 1. The molecule has 0 aromatic heterocycles. The molecule has 7 aromatic rings. The molecule has 0 spiro atoms. The van der Waals surface area contributed by atoms with Gasteiger partial charge >= 0.3 is 103 Å². The third kappa shape index (κ3) is 36.3. The monoisotopic (exact) mass is 1310 g/mol. The maximum atomic E-state index is 10.4. The van der Waals surface area contributed by atoms with Gasteiger partial charge in [0.1, 0.15) is 54.7 Å². The van der Waals surface area contributed by atoms with Gasteiger partial charge in [0.25, 0.3) is 6.47 Å². The van der Waals surface area contributed by atoms with Crippen LogP contribution in [0.2, 0.25) is 0 Å². The first kappa shape index (κ1) is 81.6. The molecule has 1 aliphatic rings. The first-order valence-corrected chi connectivity index (χ1v) is 30.7. The summed E-state index contributed by atoms with van der Waals surface area (Å²) in [7, 11) is 0. The first-order chi connectivity index (χ1) is 40.8. The molecule has 1 aliphatic heterocycles. The Morgan fingerprint density at radius 2 is 0.862 bits per heavy atom. The largest absolute Gasteiger partial charge is 1.00 e. The third-order valence-corrected chi connectivity index (χ3v) is 14.6. The van der Waals surface area contributed by atoms with Crippen molar-refractivity contribution < 1.29 is 164 Å². The van der Waals surface area contributed by atoms with Crippen molar-refractivity contribution in [3.63, 3.8) is 0 Å². The van der Waals surface area contributed by atoms with Crippen molar-refractivity contribution in [3.8, 4) is 28.7 Å². The summed E-state index contributed by atoms with van der Waals surface area (Å²) in [4.78, 5) is 11.2. The van der Waals surface area contributed by atoms with Gasteiger partial charge in [-0.05, 0) is 168 Å². The number of hydrogen-bond acceptors (Lipinski definition) is 12. The molecule has 0 aliphatic carbocycles. The Morgan fingerprint density at radius 1 is 0.529 bits per heavy atom. The molecule has 0 amide bonds. The van der Waals surface area contributed by atoms with Gasteiger partial charge in [-0.2, -0.15) is 0 Å². The molecule has 0 saturated carbocycles. The number of aliphatic hydroxyl groups excluding tert-OH is 3. The number of aryl methyl sites for hydroxylation is 3. The van der Waals surface area contributed by atoms with Crippen LogP contribution in [-0.2, 0) is 34.2 Å². The van der Waals surface area contributed by atoms with Crippen molar-refractivity contribution in [1.82, 2.24) is 0 Å². The van der Waals surface area contributed by atoms with E-state index >= 15 is 0 Å². The molecule has 6 atom stereocenters. The Kier molecular flexibility index (Phi) is 44.5. The van der Waals surface area contributed by atoms with E-state index in [1.54, 1.807) is 0 Å². The van der Waals surface area contributed by atoms with Crippen molar-refractivity contribution >= 4 is 22.4 Å². The molecule has 6 unspecified atom stereocenters. The number of hydrogen-bond donors (Lipinski definition) is 5. The van der Waals surface area contributed by atoms with Gasteiger partial charge in [0.15, 0.2) is 0 Å². The number of epoxide rings is 1. The predicted molar refractivity (Wildman–Crippen MR) is 344 cm³/mol. The fourth-order valence-corrected chi connectivity index (χ4v) is 8.51. The van der Waals surface area contributed by atoms with Crippen LogP contribution < -0.4 is 122 Å². The SMILES string of the molecule is CCC(C)C.CCC(C)CCC(O)c1cc(C)cc(OCc2ccccc2)c1.CCC(C)CCC(O)c1cc(O)cc(O)c1.Cc1cc(OCc2ccccc2)cc(C(O)CBr)c1.Cc1cc(OCc2ccccc2)cc(C2CO2)c1.O=CO[O-].[H-].[K+].[K+]. The Bertz CT molecular complexity index is 2880. The zero-order chi connectivity index (χ0) is 62.5. The second kappa shape index (κ2) is 47.5. The van der Waals surface area contributed by atoms with E-state index in [1.807, 2.05) is 111 Å². The van der Waals surface area contributed by atoms with Gasteiger partial charge in [-0.25, -0.2) is 0 Å². The molecule has 5 N–H and O–H groups in total. The van der Waals surface area contributed by atoms with Crippen LogP contribution in [0.1, 0.15) is 175 Å². The fourth-order valence-electron chi connectivity index (χ4n) is 8.14. The van der Waals surface area contributed by atoms with Gasteiger partial charge in [0, 0.05) is 11.4 Å². The van der Waals surface area contributed by atoms with Crippen molar-refractivity contribution in [2.24, 2.45) is 17.8 Å². The molecule has 8 rings (SSSR count). The van der Waals surface area contributed by atoms with Gasteiger partial charge in [0.2, 0.25) is 0 Å². The maximum absolute atomic E-state index is 10.4. The fraction of sp³-hybridized carbons (Fsp3) is 0.403. The van der Waals surface area contributed by atoms with Gasteiger partial charge < -0.3 is 56.1 Å². The molecule has 1 fully saturated rings. The quantitative estimate of drug-likeness (QED) is 0.00963. The summed E-state index contributed by atoms with van der Waals surface area (Å²) in [6.07, 6.45) is 5.75. The first-order valence-electron chi connectivity index (χ1n) is 29.6. The molecule has 87 heavy (non-hydrogen) atoms. The van der Waals surface area contributed by atoms with Crippen LogP contribution in [0.5, 0.6) is 28.7 Å². The number of aromatic hydroxyl groups is 2. The maximum Gasteiger partial charge on any atom is 1.00 e. The average Bonchev–Trinajstić information content (AvgIpc) is 4.49. The minimum Gasteiger partial charge on any atom is -1.00 e. The Balaban J connectivity index is 0.00000109. The van der Waals surface area contributed by atoms with Crippen molar-refractivity contribution in [3.05, 3.63) is 219 Å². The summed E-state index contributed by atoms with van der Waals surface area (Å²) in [5, 5.41) is 57.7. The molecular formula is C72H95BrK2O12. The van der Waals surface area contributed by atoms with E-state index in [2.05, 4.69) is 125 Å². The molecule has 1 heterocycles. The van der Waals surface area contributed by atoms with E-state index in [4.69, 9.17) is 29.0 Å². The molecule has 1 saturated heterocycles. The van der Waals surface area contributed by atoms with Crippen LogP contribution in [-0.4, -0.2) is 43.9 Å². The van der Waals surface area contributed by atoms with Crippen molar-refractivity contribution in [2.45, 2.75) is 158 Å². The summed E-state index contributed by atoms with van der Waals surface area (Å²) < 4.78 is 22.8. The van der Waals surface area contributed by atoms with E-state index < -0.39 is 18.3 Å². The van der Waals surface area contributed by atoms with Crippen LogP contribution in [0.4, 0.5) is 0 Å². The van der Waals surface area contributed by atoms with Crippen molar-refractivity contribution in [1.29, 1.82) is 0 Å². The van der Waals surface area contributed by atoms with E-state index in [0.717, 1.165) is 95.3 Å².